The van der Waals surface area contributed by atoms with E-state index in [4.69, 9.17) is 14.2 Å². The number of benzene rings is 1. The molecule has 0 atom stereocenters. The quantitative estimate of drug-likeness (QED) is 0.403. The van der Waals surface area contributed by atoms with Gasteiger partial charge in [0.2, 0.25) is 5.78 Å². The van der Waals surface area contributed by atoms with Crippen molar-refractivity contribution in [3.05, 3.63) is 52.9 Å². The Kier molecular flexibility index (Phi) is 6.82. The number of esters is 1. The Morgan fingerprint density at radius 3 is 2.44 bits per heavy atom. The number of hydrogen-bond acceptors (Lipinski definition) is 5. The molecule has 0 unspecified atom stereocenters. The van der Waals surface area contributed by atoms with Gasteiger partial charge in [0.15, 0.2) is 6.61 Å². The van der Waals surface area contributed by atoms with Crippen molar-refractivity contribution in [3.63, 3.8) is 0 Å². The summed E-state index contributed by atoms with van der Waals surface area (Å²) in [5, 5.41) is 0. The van der Waals surface area contributed by atoms with Gasteiger partial charge in [0.1, 0.15) is 11.5 Å². The summed E-state index contributed by atoms with van der Waals surface area (Å²) in [7, 11) is 3.10. The zero-order valence-electron chi connectivity index (χ0n) is 16.4. The van der Waals surface area contributed by atoms with E-state index in [0.717, 1.165) is 17.9 Å². The van der Waals surface area contributed by atoms with Gasteiger partial charge in [-0.15, -0.1) is 0 Å². The number of hydrogen-bond donors (Lipinski definition) is 0. The summed E-state index contributed by atoms with van der Waals surface area (Å²) in [5.41, 5.74) is 3.18. The van der Waals surface area contributed by atoms with Crippen LogP contribution in [0, 0.1) is 13.8 Å². The van der Waals surface area contributed by atoms with Crippen LogP contribution in [0.3, 0.4) is 0 Å². The normalized spacial score (nSPS) is 10.9. The molecular formula is C21H25NO5. The standard InChI is InChI=1S/C21H25NO5/c1-6-22-14(2)11-18(15(22)3)19(23)13-27-21(24)10-8-16-7-9-17(25-4)12-20(16)26-5/h7-12H,6,13H2,1-5H3/b10-8+. The number of aromatic nitrogens is 1. The molecule has 27 heavy (non-hydrogen) atoms. The van der Waals surface area contributed by atoms with E-state index >= 15 is 0 Å². The van der Waals surface area contributed by atoms with Crippen LogP contribution in [-0.4, -0.2) is 37.1 Å². The summed E-state index contributed by atoms with van der Waals surface area (Å²) in [6.45, 7) is 6.35. The Bertz CT molecular complexity index is 864. The predicted molar refractivity (Wildman–Crippen MR) is 103 cm³/mol. The molecule has 1 aromatic carbocycles. The number of Topliss-reactive ketones (excluding diaryl/α,β-unsaturated/α-hetero) is 1. The fourth-order valence-electron chi connectivity index (χ4n) is 2.95. The van der Waals surface area contributed by atoms with Crippen LogP contribution in [0.5, 0.6) is 11.5 Å². The maximum absolute atomic E-state index is 12.3. The summed E-state index contributed by atoms with van der Waals surface area (Å²) in [4.78, 5) is 24.3. The maximum Gasteiger partial charge on any atom is 0.331 e. The molecule has 144 valence electrons. The average molecular weight is 371 g/mol. The molecule has 0 fully saturated rings. The van der Waals surface area contributed by atoms with Crippen molar-refractivity contribution in [1.82, 2.24) is 4.57 Å². The topological polar surface area (TPSA) is 66.8 Å². The van der Waals surface area contributed by atoms with Crippen molar-refractivity contribution in [3.8, 4) is 11.5 Å². The lowest BCUT2D eigenvalue weighted by Gasteiger charge is -2.07. The highest BCUT2D eigenvalue weighted by molar-refractivity contribution is 6.00. The molecule has 1 heterocycles. The molecule has 0 saturated heterocycles. The smallest absolute Gasteiger partial charge is 0.331 e. The second kappa shape index (κ2) is 9.07. The van der Waals surface area contributed by atoms with E-state index in [0.29, 0.717) is 22.6 Å². The van der Waals surface area contributed by atoms with Crippen molar-refractivity contribution in [2.75, 3.05) is 20.8 Å². The van der Waals surface area contributed by atoms with E-state index in [1.807, 2.05) is 31.4 Å². The lowest BCUT2D eigenvalue weighted by atomic mass is 10.1. The zero-order valence-corrected chi connectivity index (χ0v) is 16.4. The number of carbonyl (C=O) groups is 2. The Morgan fingerprint density at radius 2 is 1.85 bits per heavy atom. The lowest BCUT2D eigenvalue weighted by molar-refractivity contribution is -0.136. The minimum Gasteiger partial charge on any atom is -0.497 e. The van der Waals surface area contributed by atoms with Crippen molar-refractivity contribution < 1.29 is 23.8 Å². The monoisotopic (exact) mass is 371 g/mol. The van der Waals surface area contributed by atoms with Crippen LogP contribution >= 0.6 is 0 Å². The first-order valence-corrected chi connectivity index (χ1v) is 8.68. The van der Waals surface area contributed by atoms with Crippen LogP contribution in [-0.2, 0) is 16.1 Å². The minimum atomic E-state index is -0.592. The molecule has 0 radical (unpaired) electrons. The third-order valence-electron chi connectivity index (χ3n) is 4.38. The van der Waals surface area contributed by atoms with Gasteiger partial charge in [-0.1, -0.05) is 0 Å². The zero-order chi connectivity index (χ0) is 20.0. The van der Waals surface area contributed by atoms with Crippen molar-refractivity contribution >= 4 is 17.8 Å². The Morgan fingerprint density at radius 1 is 1.11 bits per heavy atom. The maximum atomic E-state index is 12.3. The van der Waals surface area contributed by atoms with Crippen LogP contribution < -0.4 is 9.47 Å². The molecule has 2 aromatic rings. The second-order valence-electron chi connectivity index (χ2n) is 6.00. The van der Waals surface area contributed by atoms with Crippen LogP contribution in [0.2, 0.25) is 0 Å². The van der Waals surface area contributed by atoms with Gasteiger partial charge in [0.25, 0.3) is 0 Å². The summed E-state index contributed by atoms with van der Waals surface area (Å²) in [5.74, 6) is 0.417. The van der Waals surface area contributed by atoms with E-state index in [1.54, 1.807) is 31.4 Å². The molecule has 6 heteroatoms. The van der Waals surface area contributed by atoms with Gasteiger partial charge in [-0.05, 0) is 45.0 Å². The highest BCUT2D eigenvalue weighted by Crippen LogP contribution is 2.25. The Labute approximate surface area is 159 Å². The summed E-state index contributed by atoms with van der Waals surface area (Å²) in [6, 6.07) is 7.08. The number of ether oxygens (including phenoxy) is 3. The largest absolute Gasteiger partial charge is 0.497 e. The van der Waals surface area contributed by atoms with Crippen molar-refractivity contribution in [1.29, 1.82) is 0 Å². The van der Waals surface area contributed by atoms with Gasteiger partial charge in [0.05, 0.1) is 14.2 Å². The molecule has 0 spiro atoms. The van der Waals surface area contributed by atoms with Gasteiger partial charge < -0.3 is 18.8 Å². The molecule has 0 N–H and O–H groups in total. The van der Waals surface area contributed by atoms with Gasteiger partial charge in [-0.3, -0.25) is 4.79 Å². The minimum absolute atomic E-state index is 0.216. The molecule has 6 nitrogen and oxygen atoms in total. The molecule has 0 aliphatic carbocycles. The van der Waals surface area contributed by atoms with E-state index in [2.05, 4.69) is 0 Å². The molecule has 2 rings (SSSR count). The van der Waals surface area contributed by atoms with Gasteiger partial charge in [-0.2, -0.15) is 0 Å². The molecule has 0 bridgehead atoms. The first-order chi connectivity index (χ1) is 12.9. The molecule has 0 amide bonds. The van der Waals surface area contributed by atoms with Crippen LogP contribution in [0.1, 0.15) is 34.2 Å². The van der Waals surface area contributed by atoms with Crippen LogP contribution in [0.25, 0.3) is 6.08 Å². The molecule has 0 aliphatic rings. The van der Waals surface area contributed by atoms with Crippen molar-refractivity contribution in [2.24, 2.45) is 0 Å². The molecule has 0 saturated carbocycles. The van der Waals surface area contributed by atoms with Gasteiger partial charge in [-0.25, -0.2) is 4.79 Å². The number of aryl methyl sites for hydroxylation is 1. The number of ketones is 1. The molecular weight excluding hydrogens is 346 g/mol. The van der Waals surface area contributed by atoms with E-state index in [-0.39, 0.29) is 12.4 Å². The second-order valence-corrected chi connectivity index (χ2v) is 6.00. The Hall–Kier alpha value is -3.02. The summed E-state index contributed by atoms with van der Waals surface area (Å²) >= 11 is 0. The van der Waals surface area contributed by atoms with E-state index in [9.17, 15) is 9.59 Å². The van der Waals surface area contributed by atoms with Gasteiger partial charge >= 0.3 is 5.97 Å². The SMILES string of the molecule is CCn1c(C)cc(C(=O)COC(=O)/C=C/c2ccc(OC)cc2OC)c1C. The third kappa shape index (κ3) is 4.78. The highest BCUT2D eigenvalue weighted by Gasteiger charge is 2.16. The van der Waals surface area contributed by atoms with E-state index in [1.165, 1.54) is 13.2 Å². The first kappa shape index (κ1) is 20.3. The highest BCUT2D eigenvalue weighted by atomic mass is 16.5. The predicted octanol–water partition coefficient (Wildman–Crippen LogP) is 3.58. The Balaban J connectivity index is 2.00. The van der Waals surface area contributed by atoms with Crippen molar-refractivity contribution in [2.45, 2.75) is 27.3 Å². The number of carbonyl (C=O) groups excluding carboxylic acids is 2. The van der Waals surface area contributed by atoms with Crippen LogP contribution in [0.15, 0.2) is 30.3 Å². The lowest BCUT2D eigenvalue weighted by Crippen LogP contribution is -2.13. The molecule has 0 aliphatic heterocycles. The number of rotatable bonds is 8. The fraction of sp³-hybridized carbons (Fsp3) is 0.333. The summed E-state index contributed by atoms with van der Waals surface area (Å²) < 4.78 is 17.5. The number of methoxy groups -OCH3 is 2. The average Bonchev–Trinajstić information content (AvgIpc) is 2.97. The fourth-order valence-corrected chi connectivity index (χ4v) is 2.95. The van der Waals surface area contributed by atoms with Gasteiger partial charge in [0, 0.05) is 41.2 Å². The van der Waals surface area contributed by atoms with Crippen LogP contribution in [0.4, 0.5) is 0 Å². The third-order valence-corrected chi connectivity index (χ3v) is 4.38. The molecule has 1 aromatic heterocycles. The first-order valence-electron chi connectivity index (χ1n) is 8.68. The summed E-state index contributed by atoms with van der Waals surface area (Å²) in [6.07, 6.45) is 2.85. The number of nitrogens with zero attached hydrogens (tertiary/aromatic N) is 1. The van der Waals surface area contributed by atoms with E-state index < -0.39 is 5.97 Å².